The van der Waals surface area contributed by atoms with Gasteiger partial charge in [0.1, 0.15) is 5.82 Å². The minimum atomic E-state index is -3.24. The molecule has 0 saturated heterocycles. The Balaban J connectivity index is 2.42. The van der Waals surface area contributed by atoms with Crippen molar-refractivity contribution in [3.8, 4) is 0 Å². The van der Waals surface area contributed by atoms with Gasteiger partial charge in [0.05, 0.1) is 11.9 Å². The van der Waals surface area contributed by atoms with Crippen LogP contribution in [-0.4, -0.2) is 25.8 Å². The van der Waals surface area contributed by atoms with Gasteiger partial charge in [-0.2, -0.15) is 0 Å². The number of nitrogens with one attached hydrogen (secondary N) is 1. The Bertz CT molecular complexity index is 459. The number of sulfonamides is 1. The molecule has 102 valence electrons. The summed E-state index contributed by atoms with van der Waals surface area (Å²) in [6.45, 7) is 1.95. The summed E-state index contributed by atoms with van der Waals surface area (Å²) in [7, 11) is -3.24. The number of hydrogen-bond acceptors (Lipinski definition) is 3. The van der Waals surface area contributed by atoms with Crippen LogP contribution < -0.4 is 4.72 Å². The van der Waals surface area contributed by atoms with E-state index in [4.69, 9.17) is 0 Å². The van der Waals surface area contributed by atoms with Gasteiger partial charge >= 0.3 is 0 Å². The molecule has 1 unspecified atom stereocenters. The van der Waals surface area contributed by atoms with Gasteiger partial charge in [-0.3, -0.25) is 0 Å². The van der Waals surface area contributed by atoms with Gasteiger partial charge in [0, 0.05) is 6.54 Å². The fourth-order valence-electron chi connectivity index (χ4n) is 1.54. The third-order valence-corrected chi connectivity index (χ3v) is 4.06. The van der Waals surface area contributed by atoms with Crippen LogP contribution in [0.15, 0.2) is 24.3 Å². The molecule has 0 amide bonds. The van der Waals surface area contributed by atoms with Crippen molar-refractivity contribution in [2.24, 2.45) is 0 Å². The highest BCUT2D eigenvalue weighted by molar-refractivity contribution is 7.89. The maximum absolute atomic E-state index is 12.7. The molecule has 0 spiro atoms. The molecule has 18 heavy (non-hydrogen) atoms. The molecule has 1 aromatic rings. The van der Waals surface area contributed by atoms with Gasteiger partial charge in [-0.05, 0) is 30.5 Å². The van der Waals surface area contributed by atoms with E-state index in [-0.39, 0.29) is 24.5 Å². The molecular formula is C12H18FNO3S. The van der Waals surface area contributed by atoms with Crippen LogP contribution in [0.5, 0.6) is 0 Å². The van der Waals surface area contributed by atoms with Crippen molar-refractivity contribution in [2.75, 3.05) is 12.3 Å². The molecule has 0 bridgehead atoms. The number of benzene rings is 1. The van der Waals surface area contributed by atoms with E-state index in [0.29, 0.717) is 12.0 Å². The first-order valence-electron chi connectivity index (χ1n) is 5.85. The van der Waals surface area contributed by atoms with Crippen molar-refractivity contribution in [3.05, 3.63) is 35.6 Å². The second kappa shape index (κ2) is 6.82. The SMILES string of the molecule is CCCS(=O)(=O)NCCC(O)c1ccc(F)cc1. The highest BCUT2D eigenvalue weighted by atomic mass is 32.2. The second-order valence-corrected chi connectivity index (χ2v) is 6.00. The number of rotatable bonds is 7. The van der Waals surface area contributed by atoms with E-state index in [9.17, 15) is 17.9 Å². The van der Waals surface area contributed by atoms with Crippen LogP contribution >= 0.6 is 0 Å². The Morgan fingerprint density at radius 3 is 2.50 bits per heavy atom. The average Bonchev–Trinajstić information content (AvgIpc) is 2.29. The van der Waals surface area contributed by atoms with Gasteiger partial charge in [-0.1, -0.05) is 19.1 Å². The Morgan fingerprint density at radius 2 is 1.94 bits per heavy atom. The van der Waals surface area contributed by atoms with E-state index in [2.05, 4.69) is 4.72 Å². The van der Waals surface area contributed by atoms with Crippen molar-refractivity contribution < 1.29 is 17.9 Å². The van der Waals surface area contributed by atoms with Gasteiger partial charge in [-0.15, -0.1) is 0 Å². The van der Waals surface area contributed by atoms with E-state index >= 15 is 0 Å². The van der Waals surface area contributed by atoms with Gasteiger partial charge in [0.15, 0.2) is 0 Å². The predicted molar refractivity (Wildman–Crippen MR) is 68.1 cm³/mol. The summed E-state index contributed by atoms with van der Waals surface area (Å²) in [5.41, 5.74) is 0.575. The number of hydrogen-bond donors (Lipinski definition) is 2. The smallest absolute Gasteiger partial charge is 0.211 e. The molecule has 1 atom stereocenters. The number of aliphatic hydroxyl groups excluding tert-OH is 1. The normalized spacial score (nSPS) is 13.5. The van der Waals surface area contributed by atoms with Gasteiger partial charge in [-0.25, -0.2) is 17.5 Å². The molecule has 0 fully saturated rings. The topological polar surface area (TPSA) is 66.4 Å². The van der Waals surface area contributed by atoms with Gasteiger partial charge < -0.3 is 5.11 Å². The molecule has 0 aliphatic carbocycles. The first-order valence-corrected chi connectivity index (χ1v) is 7.50. The minimum Gasteiger partial charge on any atom is -0.388 e. The summed E-state index contributed by atoms with van der Waals surface area (Å²) in [6, 6.07) is 5.50. The standard InChI is InChI=1S/C12H18FNO3S/c1-2-9-18(16,17)14-8-7-12(15)10-3-5-11(13)6-4-10/h3-6,12,14-15H,2,7-9H2,1H3. The fourth-order valence-corrected chi connectivity index (χ4v) is 2.65. The zero-order valence-electron chi connectivity index (χ0n) is 10.3. The van der Waals surface area contributed by atoms with Gasteiger partial charge in [0.25, 0.3) is 0 Å². The van der Waals surface area contributed by atoms with Crippen LogP contribution in [-0.2, 0) is 10.0 Å². The number of halogens is 1. The van der Waals surface area contributed by atoms with Crippen LogP contribution in [0.4, 0.5) is 4.39 Å². The van der Waals surface area contributed by atoms with Crippen LogP contribution in [0.25, 0.3) is 0 Å². The summed E-state index contributed by atoms with van der Waals surface area (Å²) >= 11 is 0. The van der Waals surface area contributed by atoms with Crippen LogP contribution in [0.1, 0.15) is 31.4 Å². The molecule has 1 rings (SSSR count). The average molecular weight is 275 g/mol. The largest absolute Gasteiger partial charge is 0.388 e. The van der Waals surface area contributed by atoms with Crippen molar-refractivity contribution in [3.63, 3.8) is 0 Å². The van der Waals surface area contributed by atoms with Crippen molar-refractivity contribution >= 4 is 10.0 Å². The van der Waals surface area contributed by atoms with E-state index in [0.717, 1.165) is 0 Å². The molecule has 0 heterocycles. The molecule has 0 aliphatic rings. The molecule has 0 radical (unpaired) electrons. The highest BCUT2D eigenvalue weighted by Gasteiger charge is 2.11. The molecule has 6 heteroatoms. The van der Waals surface area contributed by atoms with E-state index in [1.165, 1.54) is 24.3 Å². The fraction of sp³-hybridized carbons (Fsp3) is 0.500. The third kappa shape index (κ3) is 5.12. The van der Waals surface area contributed by atoms with E-state index in [1.54, 1.807) is 6.92 Å². The van der Waals surface area contributed by atoms with Gasteiger partial charge in [0.2, 0.25) is 10.0 Å². The molecular weight excluding hydrogens is 257 g/mol. The monoisotopic (exact) mass is 275 g/mol. The Labute approximate surface area is 107 Å². The minimum absolute atomic E-state index is 0.0830. The van der Waals surface area contributed by atoms with Crippen LogP contribution in [0, 0.1) is 5.82 Å². The number of aliphatic hydroxyl groups is 1. The summed E-state index contributed by atoms with van der Waals surface area (Å²) in [6.07, 6.45) is 0.0136. The molecule has 1 aromatic carbocycles. The first-order chi connectivity index (χ1) is 8.44. The molecule has 4 nitrogen and oxygen atoms in total. The zero-order chi connectivity index (χ0) is 13.6. The van der Waals surface area contributed by atoms with Crippen molar-refractivity contribution in [1.29, 1.82) is 0 Å². The predicted octanol–water partition coefficient (Wildman–Crippen LogP) is 1.58. The first kappa shape index (κ1) is 15.1. The maximum atomic E-state index is 12.7. The summed E-state index contributed by atoms with van der Waals surface area (Å²) in [5.74, 6) is -0.283. The highest BCUT2D eigenvalue weighted by Crippen LogP contribution is 2.16. The molecule has 0 aromatic heterocycles. The van der Waals surface area contributed by atoms with E-state index < -0.39 is 16.1 Å². The Kier molecular flexibility index (Phi) is 5.71. The Hall–Kier alpha value is -0.980. The molecule has 2 N–H and O–H groups in total. The zero-order valence-corrected chi connectivity index (χ0v) is 11.1. The van der Waals surface area contributed by atoms with Crippen molar-refractivity contribution in [2.45, 2.75) is 25.9 Å². The summed E-state index contributed by atoms with van der Waals surface area (Å²) in [5, 5.41) is 9.78. The van der Waals surface area contributed by atoms with Crippen LogP contribution in [0.3, 0.4) is 0 Å². The lowest BCUT2D eigenvalue weighted by molar-refractivity contribution is 0.169. The van der Waals surface area contributed by atoms with E-state index in [1.807, 2.05) is 0 Å². The molecule has 0 saturated carbocycles. The molecule has 0 aliphatic heterocycles. The maximum Gasteiger partial charge on any atom is 0.211 e. The lowest BCUT2D eigenvalue weighted by Crippen LogP contribution is -2.28. The lowest BCUT2D eigenvalue weighted by atomic mass is 10.1. The summed E-state index contributed by atoms with van der Waals surface area (Å²) < 4.78 is 37.8. The summed E-state index contributed by atoms with van der Waals surface area (Å²) in [4.78, 5) is 0. The Morgan fingerprint density at radius 1 is 1.33 bits per heavy atom. The lowest BCUT2D eigenvalue weighted by Gasteiger charge is -2.11. The quantitative estimate of drug-likeness (QED) is 0.794. The van der Waals surface area contributed by atoms with Crippen LogP contribution in [0.2, 0.25) is 0 Å². The third-order valence-electron chi connectivity index (χ3n) is 2.47. The van der Waals surface area contributed by atoms with Crippen molar-refractivity contribution in [1.82, 2.24) is 4.72 Å². The second-order valence-electron chi connectivity index (χ2n) is 4.07.